The third-order valence-electron chi connectivity index (χ3n) is 4.97. The van der Waals surface area contributed by atoms with Gasteiger partial charge in [0, 0.05) is 30.9 Å². The highest BCUT2D eigenvalue weighted by Gasteiger charge is 2.38. The lowest BCUT2D eigenvalue weighted by Gasteiger charge is -2.12. The summed E-state index contributed by atoms with van der Waals surface area (Å²) in [6.07, 6.45) is -3.49. The number of nitrogens with zero attached hydrogens (tertiary/aromatic N) is 1. The minimum absolute atomic E-state index is 0.0761. The second-order valence-electron chi connectivity index (χ2n) is 7.46. The van der Waals surface area contributed by atoms with Gasteiger partial charge in [0.1, 0.15) is 29.0 Å². The topological polar surface area (TPSA) is 80.6 Å². The van der Waals surface area contributed by atoms with Crippen LogP contribution in [0.25, 0.3) is 0 Å². The molecule has 0 atom stereocenters. The molecule has 12 heteroatoms. The Morgan fingerprint density at radius 3 is 2.43 bits per heavy atom. The minimum atomic E-state index is -5.08. The molecule has 186 valence electrons. The molecule has 1 aromatic heterocycles. The maximum absolute atomic E-state index is 13.7. The van der Waals surface area contributed by atoms with E-state index in [2.05, 4.69) is 17.4 Å². The van der Waals surface area contributed by atoms with Crippen molar-refractivity contribution in [3.8, 4) is 5.75 Å². The number of benzene rings is 2. The maximum Gasteiger partial charge on any atom is 0.490 e. The van der Waals surface area contributed by atoms with Gasteiger partial charge in [-0.1, -0.05) is 29.8 Å². The lowest BCUT2D eigenvalue weighted by atomic mass is 10.1. The number of rotatable bonds is 5. The van der Waals surface area contributed by atoms with Crippen molar-refractivity contribution in [3.05, 3.63) is 97.9 Å². The van der Waals surface area contributed by atoms with Gasteiger partial charge in [-0.15, -0.1) is 0 Å². The number of hydrogen-bond donors (Lipinski definition) is 2. The number of nitrogens with one attached hydrogen (secondary N) is 1. The Kier molecular flexibility index (Phi) is 8.13. The molecule has 35 heavy (non-hydrogen) atoms. The molecule has 3 aromatic rings. The van der Waals surface area contributed by atoms with Gasteiger partial charge in [0.25, 0.3) is 5.56 Å². The van der Waals surface area contributed by atoms with Crippen molar-refractivity contribution in [1.82, 2.24) is 9.88 Å². The molecule has 0 amide bonds. The summed E-state index contributed by atoms with van der Waals surface area (Å²) in [5.74, 6) is -3.97. The summed E-state index contributed by atoms with van der Waals surface area (Å²) in [6.45, 7) is 1.92. The summed E-state index contributed by atoms with van der Waals surface area (Å²) in [7, 11) is 0. The van der Waals surface area contributed by atoms with Crippen molar-refractivity contribution < 1.29 is 36.6 Å². The van der Waals surface area contributed by atoms with Gasteiger partial charge in [-0.3, -0.25) is 4.79 Å². The largest absolute Gasteiger partial charge is 0.490 e. The van der Waals surface area contributed by atoms with E-state index in [0.717, 1.165) is 30.8 Å². The molecule has 0 unspecified atom stereocenters. The van der Waals surface area contributed by atoms with Crippen molar-refractivity contribution in [2.24, 2.45) is 0 Å². The number of aromatic nitrogens is 1. The van der Waals surface area contributed by atoms with Gasteiger partial charge in [0.2, 0.25) is 0 Å². The van der Waals surface area contributed by atoms with Crippen LogP contribution >= 0.6 is 11.6 Å². The van der Waals surface area contributed by atoms with Crippen LogP contribution in [0.3, 0.4) is 0 Å². The normalized spacial score (nSPS) is 12.5. The first-order valence-electron chi connectivity index (χ1n) is 10.0. The van der Waals surface area contributed by atoms with Crippen LogP contribution < -0.4 is 15.6 Å². The Bertz CT molecular complexity index is 1290. The summed E-state index contributed by atoms with van der Waals surface area (Å²) in [5.41, 5.74) is 3.29. The van der Waals surface area contributed by atoms with Gasteiger partial charge in [0.05, 0.1) is 6.54 Å². The number of ether oxygens (including phenoxy) is 1. The maximum atomic E-state index is 13.7. The molecule has 0 radical (unpaired) electrons. The first-order chi connectivity index (χ1) is 16.5. The number of fused-ring (bicyclic) bond motifs is 1. The predicted molar refractivity (Wildman–Crippen MR) is 116 cm³/mol. The molecule has 1 aliphatic heterocycles. The van der Waals surface area contributed by atoms with Crippen molar-refractivity contribution in [1.29, 1.82) is 0 Å². The van der Waals surface area contributed by atoms with Crippen LogP contribution in [0.1, 0.15) is 22.3 Å². The van der Waals surface area contributed by atoms with E-state index in [0.29, 0.717) is 6.54 Å². The van der Waals surface area contributed by atoms with Crippen molar-refractivity contribution in [3.63, 3.8) is 0 Å². The molecular weight excluding hydrogens is 499 g/mol. The van der Waals surface area contributed by atoms with E-state index in [1.807, 2.05) is 6.07 Å². The van der Waals surface area contributed by atoms with Crippen molar-refractivity contribution >= 4 is 17.6 Å². The van der Waals surface area contributed by atoms with Gasteiger partial charge in [-0.25, -0.2) is 13.6 Å². The van der Waals surface area contributed by atoms with E-state index in [4.69, 9.17) is 26.2 Å². The standard InChI is InChI=1S/C21H17ClF2N2O2.C2HF3O2/c22-20-19(28-12-15-3-4-17(23)8-18(15)24)5-6-26(21(20)27)11-13-1-2-14-9-25-10-16(14)7-13;3-2(4,5)1(6)7/h1-8,25H,9-12H2;(H,6,7). The Morgan fingerprint density at radius 2 is 1.77 bits per heavy atom. The second kappa shape index (κ2) is 10.9. The Labute approximate surface area is 200 Å². The Balaban J connectivity index is 0.000000429. The van der Waals surface area contributed by atoms with Crippen LogP contribution in [-0.2, 0) is 31.0 Å². The summed E-state index contributed by atoms with van der Waals surface area (Å²) in [5, 5.41) is 10.3. The summed E-state index contributed by atoms with van der Waals surface area (Å²) >= 11 is 6.17. The molecule has 2 N–H and O–H groups in total. The molecule has 1 aliphatic rings. The van der Waals surface area contributed by atoms with Crippen molar-refractivity contribution in [2.45, 2.75) is 32.4 Å². The molecule has 4 rings (SSSR count). The number of aliphatic carboxylic acids is 1. The highest BCUT2D eigenvalue weighted by Crippen LogP contribution is 2.23. The van der Waals surface area contributed by atoms with E-state index >= 15 is 0 Å². The monoisotopic (exact) mass is 516 g/mol. The number of carboxylic acids is 1. The quantitative estimate of drug-likeness (QED) is 0.483. The van der Waals surface area contributed by atoms with Crippen molar-refractivity contribution in [2.75, 3.05) is 0 Å². The molecule has 0 fully saturated rings. The zero-order chi connectivity index (χ0) is 25.8. The smallest absolute Gasteiger partial charge is 0.487 e. The van der Waals surface area contributed by atoms with E-state index in [9.17, 15) is 26.7 Å². The van der Waals surface area contributed by atoms with Gasteiger partial charge in [-0.05, 0) is 34.9 Å². The van der Waals surface area contributed by atoms with Gasteiger partial charge in [0.15, 0.2) is 0 Å². The average molecular weight is 517 g/mol. The minimum Gasteiger partial charge on any atom is -0.487 e. The fraction of sp³-hybridized carbons (Fsp3) is 0.217. The number of carbonyl (C=O) groups is 1. The number of alkyl halides is 3. The Morgan fingerprint density at radius 1 is 1.09 bits per heavy atom. The highest BCUT2D eigenvalue weighted by molar-refractivity contribution is 6.31. The van der Waals surface area contributed by atoms with Gasteiger partial charge in [-0.2, -0.15) is 13.2 Å². The Hall–Kier alpha value is -3.44. The fourth-order valence-corrected chi connectivity index (χ4v) is 3.43. The van der Waals surface area contributed by atoms with Crippen LogP contribution in [0.2, 0.25) is 5.02 Å². The number of carboxylic acid groups (broad SMARTS) is 1. The molecule has 0 saturated carbocycles. The van der Waals surface area contributed by atoms with Gasteiger partial charge < -0.3 is 19.7 Å². The van der Waals surface area contributed by atoms with Crippen LogP contribution in [0.5, 0.6) is 5.75 Å². The summed E-state index contributed by atoms with van der Waals surface area (Å²) in [6, 6.07) is 10.9. The molecule has 2 aromatic carbocycles. The first-order valence-corrected chi connectivity index (χ1v) is 10.4. The molecule has 6 nitrogen and oxygen atoms in total. The summed E-state index contributed by atoms with van der Waals surface area (Å²) in [4.78, 5) is 21.5. The van der Waals surface area contributed by atoms with E-state index in [-0.39, 0.29) is 22.9 Å². The van der Waals surface area contributed by atoms with E-state index < -0.39 is 29.3 Å². The lowest BCUT2D eigenvalue weighted by molar-refractivity contribution is -0.192. The van der Waals surface area contributed by atoms with Crippen LogP contribution in [0.4, 0.5) is 22.0 Å². The third kappa shape index (κ3) is 6.80. The second-order valence-corrected chi connectivity index (χ2v) is 7.84. The number of pyridine rings is 1. The third-order valence-corrected chi connectivity index (χ3v) is 5.31. The molecule has 0 spiro atoms. The molecule has 0 saturated heterocycles. The van der Waals surface area contributed by atoms with Crippen LogP contribution in [0, 0.1) is 11.6 Å². The summed E-state index contributed by atoms with van der Waals surface area (Å²) < 4.78 is 65.4. The number of hydrogen-bond acceptors (Lipinski definition) is 4. The highest BCUT2D eigenvalue weighted by atomic mass is 35.5. The lowest BCUT2D eigenvalue weighted by Crippen LogP contribution is -2.21. The van der Waals surface area contributed by atoms with E-state index in [1.54, 1.807) is 12.3 Å². The molecular formula is C23H18ClF5N2O4. The zero-order valence-corrected chi connectivity index (χ0v) is 18.6. The van der Waals surface area contributed by atoms with E-state index in [1.165, 1.54) is 21.8 Å². The predicted octanol–water partition coefficient (Wildman–Crippen LogP) is 4.64. The molecule has 0 aliphatic carbocycles. The SMILES string of the molecule is O=C(O)C(F)(F)F.O=c1c(Cl)c(OCc2ccc(F)cc2F)ccn1Cc1ccc2c(c1)CNC2. The molecule has 0 bridgehead atoms. The zero-order valence-electron chi connectivity index (χ0n) is 17.8. The van der Waals surface area contributed by atoms with Gasteiger partial charge >= 0.3 is 12.1 Å². The average Bonchev–Trinajstić information content (AvgIpc) is 3.25. The molecule has 2 heterocycles. The first kappa shape index (κ1) is 26.2. The van der Waals surface area contributed by atoms with Crippen LogP contribution in [0.15, 0.2) is 53.5 Å². The number of halogens is 6. The van der Waals surface area contributed by atoms with Crippen LogP contribution in [-0.4, -0.2) is 21.8 Å². The fourth-order valence-electron chi connectivity index (χ4n) is 3.20.